The molecule has 8 heteroatoms. The van der Waals surface area contributed by atoms with E-state index in [2.05, 4.69) is 33.8 Å². The zero-order valence-electron chi connectivity index (χ0n) is 20.1. The molecule has 2 rings (SSSR count). The first-order valence-corrected chi connectivity index (χ1v) is 11.8. The van der Waals surface area contributed by atoms with Gasteiger partial charge in [0.05, 0.1) is 11.9 Å². The fourth-order valence-electron chi connectivity index (χ4n) is 3.73. The number of piperidine rings is 1. The maximum Gasteiger partial charge on any atom is 0.306 e. The number of hydrogen-bond acceptors (Lipinski definition) is 5. The molecule has 0 bridgehead atoms. The van der Waals surface area contributed by atoms with E-state index in [1.165, 1.54) is 5.69 Å². The van der Waals surface area contributed by atoms with Crippen molar-refractivity contribution in [3.05, 3.63) is 12.4 Å². The summed E-state index contributed by atoms with van der Waals surface area (Å²) >= 11 is 0. The Balaban J connectivity index is 1.68. The number of anilines is 1. The van der Waals surface area contributed by atoms with E-state index in [0.29, 0.717) is 12.5 Å². The predicted octanol–water partition coefficient (Wildman–Crippen LogP) is 3.24. The summed E-state index contributed by atoms with van der Waals surface area (Å²) in [6, 6.07) is 0.376. The third-order valence-electron chi connectivity index (χ3n) is 5.14. The van der Waals surface area contributed by atoms with Crippen molar-refractivity contribution in [3.63, 3.8) is 0 Å². The second-order valence-electron chi connectivity index (χ2n) is 9.31. The van der Waals surface area contributed by atoms with Gasteiger partial charge < -0.3 is 20.3 Å². The molecule has 1 atom stereocenters. The normalized spacial score (nSPS) is 17.5. The molecule has 1 unspecified atom stereocenters. The fraction of sp³-hybridized carbons (Fsp3) is 0.783. The molecule has 0 spiro atoms. The van der Waals surface area contributed by atoms with Crippen molar-refractivity contribution in [1.82, 2.24) is 20.4 Å². The largest absolute Gasteiger partial charge is 0.460 e. The van der Waals surface area contributed by atoms with Crippen LogP contribution in [0.25, 0.3) is 0 Å². The van der Waals surface area contributed by atoms with Crippen LogP contribution in [-0.4, -0.2) is 59.5 Å². The van der Waals surface area contributed by atoms with Crippen LogP contribution in [0.2, 0.25) is 0 Å². The summed E-state index contributed by atoms with van der Waals surface area (Å²) in [6.07, 6.45) is 10.8. The Kier molecular flexibility index (Phi) is 10.1. The van der Waals surface area contributed by atoms with E-state index in [9.17, 15) is 4.79 Å². The van der Waals surface area contributed by atoms with Crippen LogP contribution < -0.4 is 15.5 Å². The van der Waals surface area contributed by atoms with E-state index < -0.39 is 5.60 Å². The lowest BCUT2D eigenvalue weighted by Gasteiger charge is -2.34. The van der Waals surface area contributed by atoms with Gasteiger partial charge in [-0.25, -0.2) is 0 Å². The SMILES string of the molecule is CCNC(=NCCCCCCC(=O)OC(C)(C)C)NC1CCCN(c2cnn(C)c2)C1. The summed E-state index contributed by atoms with van der Waals surface area (Å²) < 4.78 is 7.20. The number of esters is 1. The highest BCUT2D eigenvalue weighted by atomic mass is 16.6. The van der Waals surface area contributed by atoms with Crippen LogP contribution in [0.15, 0.2) is 17.4 Å². The number of rotatable bonds is 10. The van der Waals surface area contributed by atoms with Gasteiger partial charge in [0.15, 0.2) is 5.96 Å². The molecule has 176 valence electrons. The Morgan fingerprint density at radius 2 is 2.06 bits per heavy atom. The van der Waals surface area contributed by atoms with Crippen LogP contribution in [0.1, 0.15) is 72.6 Å². The van der Waals surface area contributed by atoms with Crippen molar-refractivity contribution in [2.24, 2.45) is 12.0 Å². The topological polar surface area (TPSA) is 83.8 Å². The monoisotopic (exact) mass is 434 g/mol. The first-order valence-electron chi connectivity index (χ1n) is 11.8. The van der Waals surface area contributed by atoms with Crippen LogP contribution >= 0.6 is 0 Å². The van der Waals surface area contributed by atoms with Crippen molar-refractivity contribution < 1.29 is 9.53 Å². The molecular formula is C23H42N6O2. The van der Waals surface area contributed by atoms with E-state index in [1.54, 1.807) is 0 Å². The molecule has 31 heavy (non-hydrogen) atoms. The molecule has 1 aliphatic heterocycles. The van der Waals surface area contributed by atoms with E-state index in [-0.39, 0.29) is 5.97 Å². The summed E-state index contributed by atoms with van der Waals surface area (Å²) in [5.74, 6) is 0.797. The maximum absolute atomic E-state index is 11.7. The lowest BCUT2D eigenvalue weighted by molar-refractivity contribution is -0.154. The number of nitrogens with zero attached hydrogens (tertiary/aromatic N) is 4. The van der Waals surface area contributed by atoms with Gasteiger partial charge in [0.1, 0.15) is 5.60 Å². The molecular weight excluding hydrogens is 392 g/mol. The van der Waals surface area contributed by atoms with E-state index >= 15 is 0 Å². The summed E-state index contributed by atoms with van der Waals surface area (Å²) in [5, 5.41) is 11.3. The number of aromatic nitrogens is 2. The van der Waals surface area contributed by atoms with Gasteiger partial charge in [0, 0.05) is 51.9 Å². The zero-order chi connectivity index (χ0) is 22.7. The number of guanidine groups is 1. The summed E-state index contributed by atoms with van der Waals surface area (Å²) in [6.45, 7) is 11.5. The predicted molar refractivity (Wildman–Crippen MR) is 126 cm³/mol. The smallest absolute Gasteiger partial charge is 0.306 e. The third kappa shape index (κ3) is 10.1. The molecule has 1 saturated heterocycles. The lowest BCUT2D eigenvalue weighted by Crippen LogP contribution is -2.51. The number of aliphatic imine (C=N–C) groups is 1. The minimum absolute atomic E-state index is 0.100. The molecule has 8 nitrogen and oxygen atoms in total. The van der Waals surface area contributed by atoms with Gasteiger partial charge in [0.2, 0.25) is 0 Å². The maximum atomic E-state index is 11.7. The molecule has 1 aromatic rings. The van der Waals surface area contributed by atoms with Crippen LogP contribution in [-0.2, 0) is 16.6 Å². The second kappa shape index (κ2) is 12.6. The van der Waals surface area contributed by atoms with E-state index in [1.807, 2.05) is 38.7 Å². The van der Waals surface area contributed by atoms with Crippen molar-refractivity contribution >= 4 is 17.6 Å². The first kappa shape index (κ1) is 25.0. The summed E-state index contributed by atoms with van der Waals surface area (Å²) in [5.41, 5.74) is 0.789. The van der Waals surface area contributed by atoms with Crippen LogP contribution in [0, 0.1) is 0 Å². The van der Waals surface area contributed by atoms with Crippen molar-refractivity contribution in [1.29, 1.82) is 0 Å². The first-order chi connectivity index (χ1) is 14.8. The van der Waals surface area contributed by atoms with Gasteiger partial charge in [-0.1, -0.05) is 12.8 Å². The minimum atomic E-state index is -0.394. The Hall–Kier alpha value is -2.25. The molecule has 1 aromatic heterocycles. The van der Waals surface area contributed by atoms with Gasteiger partial charge in [-0.15, -0.1) is 0 Å². The third-order valence-corrected chi connectivity index (χ3v) is 5.14. The molecule has 2 N–H and O–H groups in total. The van der Waals surface area contributed by atoms with Gasteiger partial charge in [-0.05, 0) is 53.4 Å². The van der Waals surface area contributed by atoms with Gasteiger partial charge in [-0.2, -0.15) is 5.10 Å². The van der Waals surface area contributed by atoms with E-state index in [4.69, 9.17) is 9.73 Å². The summed E-state index contributed by atoms with van der Waals surface area (Å²) in [4.78, 5) is 18.9. The number of aryl methyl sites for hydroxylation is 1. The van der Waals surface area contributed by atoms with Crippen LogP contribution in [0.3, 0.4) is 0 Å². The molecule has 2 heterocycles. The Morgan fingerprint density at radius 1 is 1.29 bits per heavy atom. The van der Waals surface area contributed by atoms with Gasteiger partial charge >= 0.3 is 5.97 Å². The average Bonchev–Trinajstić information content (AvgIpc) is 3.12. The van der Waals surface area contributed by atoms with Crippen LogP contribution in [0.4, 0.5) is 5.69 Å². The van der Waals surface area contributed by atoms with Crippen LogP contribution in [0.5, 0.6) is 0 Å². The molecule has 1 aliphatic rings. The van der Waals surface area contributed by atoms with E-state index in [0.717, 1.165) is 70.7 Å². The number of carbonyl (C=O) groups is 1. The zero-order valence-corrected chi connectivity index (χ0v) is 20.1. The second-order valence-corrected chi connectivity index (χ2v) is 9.31. The van der Waals surface area contributed by atoms with Gasteiger partial charge in [-0.3, -0.25) is 14.5 Å². The highest BCUT2D eigenvalue weighted by molar-refractivity contribution is 5.80. The number of hydrogen-bond donors (Lipinski definition) is 2. The average molecular weight is 435 g/mol. The molecule has 0 aliphatic carbocycles. The molecule has 0 amide bonds. The Morgan fingerprint density at radius 3 is 2.74 bits per heavy atom. The highest BCUT2D eigenvalue weighted by Gasteiger charge is 2.21. The number of nitrogens with one attached hydrogen (secondary N) is 2. The van der Waals surface area contributed by atoms with Crippen molar-refractivity contribution in [3.8, 4) is 0 Å². The quantitative estimate of drug-likeness (QED) is 0.255. The van der Waals surface area contributed by atoms with Crippen molar-refractivity contribution in [2.75, 3.05) is 31.1 Å². The van der Waals surface area contributed by atoms with Gasteiger partial charge in [0.25, 0.3) is 0 Å². The van der Waals surface area contributed by atoms with Crippen molar-refractivity contribution in [2.45, 2.75) is 84.3 Å². The standard InChI is InChI=1S/C23H42N6O2/c1-6-24-22(25-14-10-8-7-9-13-21(30)31-23(2,3)4)27-19-12-11-15-29(17-19)20-16-26-28(5)18-20/h16,18-19H,6-15,17H2,1-5H3,(H2,24,25,27). The molecule has 0 saturated carbocycles. The summed E-state index contributed by atoms with van der Waals surface area (Å²) in [7, 11) is 1.96. The molecule has 0 radical (unpaired) electrons. The number of unbranched alkanes of at least 4 members (excludes halogenated alkanes) is 3. The Bertz CT molecular complexity index is 694. The fourth-order valence-corrected chi connectivity index (χ4v) is 3.73. The number of ether oxygens (including phenoxy) is 1. The number of carbonyl (C=O) groups excluding carboxylic acids is 1. The highest BCUT2D eigenvalue weighted by Crippen LogP contribution is 2.19. The minimum Gasteiger partial charge on any atom is -0.460 e. The molecule has 1 fully saturated rings. The Labute approximate surface area is 187 Å². The molecule has 0 aromatic carbocycles. The lowest BCUT2D eigenvalue weighted by atomic mass is 10.1.